The molecule has 1 saturated heterocycles. The van der Waals surface area contributed by atoms with E-state index in [2.05, 4.69) is 0 Å². The second-order valence-corrected chi connectivity index (χ2v) is 7.76. The minimum Gasteiger partial charge on any atom is -0.492 e. The van der Waals surface area contributed by atoms with E-state index in [1.165, 1.54) is 19.2 Å². The maximum absolute atomic E-state index is 15.0. The number of fused-ring (bicyclic) bond motifs is 1. The summed E-state index contributed by atoms with van der Waals surface area (Å²) in [4.78, 5) is 25.2. The lowest BCUT2D eigenvalue weighted by molar-refractivity contribution is -0.173. The van der Waals surface area contributed by atoms with Gasteiger partial charge in [-0.1, -0.05) is 0 Å². The number of anilines is 1. The van der Waals surface area contributed by atoms with E-state index in [0.717, 1.165) is 12.8 Å². The average molecular weight is 427 g/mol. The molecule has 1 aromatic carbocycles. The molecule has 1 unspecified atom stereocenters. The smallest absolute Gasteiger partial charge is 0.471 e. The Labute approximate surface area is 169 Å². The van der Waals surface area contributed by atoms with Gasteiger partial charge in [0.2, 0.25) is 0 Å². The zero-order chi connectivity index (χ0) is 21.6. The van der Waals surface area contributed by atoms with Crippen LogP contribution in [0.3, 0.4) is 0 Å². The number of ether oxygens (including phenoxy) is 1. The van der Waals surface area contributed by atoms with Crippen LogP contribution in [0.5, 0.6) is 5.75 Å². The van der Waals surface area contributed by atoms with Crippen LogP contribution in [0.25, 0.3) is 10.9 Å². The van der Waals surface area contributed by atoms with Crippen LogP contribution in [0.4, 0.5) is 23.2 Å². The number of amides is 1. The minimum atomic E-state index is -4.93. The van der Waals surface area contributed by atoms with Crippen molar-refractivity contribution >= 4 is 22.5 Å². The molecule has 2 aliphatic rings. The van der Waals surface area contributed by atoms with Gasteiger partial charge in [-0.2, -0.15) is 13.2 Å². The number of aromatic nitrogens is 1. The van der Waals surface area contributed by atoms with Gasteiger partial charge in [-0.25, -0.2) is 4.39 Å². The van der Waals surface area contributed by atoms with Gasteiger partial charge in [0.05, 0.1) is 12.6 Å². The second kappa shape index (κ2) is 7.48. The number of pyridine rings is 1. The highest BCUT2D eigenvalue weighted by atomic mass is 19.4. The predicted octanol–water partition coefficient (Wildman–Crippen LogP) is 2.99. The molecule has 1 saturated carbocycles. The SMILES string of the molecule is COc1c(N2CCC(CNC(=O)C(F)(F)F)C2)c(F)cc2ccc(=O)n(C3CC3)c12. The molecule has 2 heterocycles. The third-order valence-electron chi connectivity index (χ3n) is 5.62. The first-order valence-corrected chi connectivity index (χ1v) is 9.72. The summed E-state index contributed by atoms with van der Waals surface area (Å²) in [7, 11) is 1.41. The van der Waals surface area contributed by atoms with Crippen molar-refractivity contribution in [3.8, 4) is 5.75 Å². The van der Waals surface area contributed by atoms with Crippen molar-refractivity contribution in [2.45, 2.75) is 31.5 Å². The first kappa shape index (κ1) is 20.5. The number of halogens is 4. The summed E-state index contributed by atoms with van der Waals surface area (Å²) >= 11 is 0. The van der Waals surface area contributed by atoms with Crippen molar-refractivity contribution in [3.63, 3.8) is 0 Å². The van der Waals surface area contributed by atoms with E-state index in [4.69, 9.17) is 4.74 Å². The molecule has 10 heteroatoms. The fraction of sp³-hybridized carbons (Fsp3) is 0.500. The number of carbonyl (C=O) groups excluding carboxylic acids is 1. The Bertz CT molecular complexity index is 1050. The van der Waals surface area contributed by atoms with Crippen molar-refractivity contribution in [1.82, 2.24) is 9.88 Å². The molecule has 0 radical (unpaired) electrons. The number of hydrogen-bond donors (Lipinski definition) is 1. The molecule has 1 aromatic heterocycles. The standard InChI is InChI=1S/C20H21F4N3O3/c1-30-18-16-12(2-5-15(28)27(16)13-3-4-13)8-14(21)17(18)26-7-6-11(10-26)9-25-19(29)20(22,23)24/h2,5,8,11,13H,3-4,6-7,9-10H2,1H3,(H,25,29). The third-order valence-corrected chi connectivity index (χ3v) is 5.62. The molecule has 0 spiro atoms. The Morgan fingerprint density at radius 3 is 2.63 bits per heavy atom. The zero-order valence-electron chi connectivity index (χ0n) is 16.3. The van der Waals surface area contributed by atoms with Crippen LogP contribution in [0, 0.1) is 11.7 Å². The van der Waals surface area contributed by atoms with Crippen LogP contribution < -0.4 is 20.5 Å². The molecule has 162 valence electrons. The summed E-state index contributed by atoms with van der Waals surface area (Å²) in [5.74, 6) is -2.53. The molecule has 30 heavy (non-hydrogen) atoms. The Balaban J connectivity index is 1.65. The molecule has 1 amide bonds. The van der Waals surface area contributed by atoms with Gasteiger partial charge < -0.3 is 19.5 Å². The quantitative estimate of drug-likeness (QED) is 0.746. The second-order valence-electron chi connectivity index (χ2n) is 7.76. The van der Waals surface area contributed by atoms with Gasteiger partial charge in [0.15, 0.2) is 11.6 Å². The highest BCUT2D eigenvalue weighted by Gasteiger charge is 2.39. The fourth-order valence-electron chi connectivity index (χ4n) is 4.07. The van der Waals surface area contributed by atoms with E-state index < -0.39 is 17.9 Å². The van der Waals surface area contributed by atoms with E-state index in [0.29, 0.717) is 23.9 Å². The van der Waals surface area contributed by atoms with Crippen LogP contribution in [0.15, 0.2) is 23.0 Å². The van der Waals surface area contributed by atoms with Crippen molar-refractivity contribution in [3.05, 3.63) is 34.4 Å². The minimum absolute atomic E-state index is 0.0531. The average Bonchev–Trinajstić information content (AvgIpc) is 3.42. The van der Waals surface area contributed by atoms with Crippen molar-refractivity contribution < 1.29 is 27.1 Å². The highest BCUT2D eigenvalue weighted by Crippen LogP contribution is 2.44. The molecule has 6 nitrogen and oxygen atoms in total. The van der Waals surface area contributed by atoms with E-state index in [9.17, 15) is 22.8 Å². The van der Waals surface area contributed by atoms with Crippen molar-refractivity contribution in [2.24, 2.45) is 5.92 Å². The van der Waals surface area contributed by atoms with E-state index in [1.54, 1.807) is 15.5 Å². The molecule has 2 aromatic rings. The van der Waals surface area contributed by atoms with E-state index in [-0.39, 0.29) is 42.0 Å². The maximum atomic E-state index is 15.0. The number of nitrogens with one attached hydrogen (secondary N) is 1. The Morgan fingerprint density at radius 2 is 2.00 bits per heavy atom. The van der Waals surface area contributed by atoms with Crippen LogP contribution in [-0.2, 0) is 4.79 Å². The van der Waals surface area contributed by atoms with Gasteiger partial charge in [0, 0.05) is 37.1 Å². The summed E-state index contributed by atoms with van der Waals surface area (Å²) in [5.41, 5.74) is 0.530. The van der Waals surface area contributed by atoms with Crippen LogP contribution in [0.2, 0.25) is 0 Å². The van der Waals surface area contributed by atoms with Gasteiger partial charge in [0.25, 0.3) is 5.56 Å². The summed E-state index contributed by atoms with van der Waals surface area (Å²) in [5, 5.41) is 2.44. The number of rotatable bonds is 5. The van der Waals surface area contributed by atoms with Gasteiger partial charge in [-0.05, 0) is 37.3 Å². The molecule has 2 fully saturated rings. The molecular formula is C20H21F4N3O3. The first-order valence-electron chi connectivity index (χ1n) is 9.72. The highest BCUT2D eigenvalue weighted by molar-refractivity contribution is 5.91. The summed E-state index contributed by atoms with van der Waals surface area (Å²) in [6.07, 6.45) is -2.72. The number of methoxy groups -OCH3 is 1. The number of benzene rings is 1. The normalized spacial score (nSPS) is 19.4. The Hall–Kier alpha value is -2.78. The fourth-order valence-corrected chi connectivity index (χ4v) is 4.07. The molecule has 1 aliphatic heterocycles. The lowest BCUT2D eigenvalue weighted by Gasteiger charge is -2.24. The zero-order valence-corrected chi connectivity index (χ0v) is 16.3. The topological polar surface area (TPSA) is 63.6 Å². The Morgan fingerprint density at radius 1 is 1.27 bits per heavy atom. The van der Waals surface area contributed by atoms with Crippen molar-refractivity contribution in [1.29, 1.82) is 0 Å². The lowest BCUT2D eigenvalue weighted by atomic mass is 10.1. The predicted molar refractivity (Wildman–Crippen MR) is 102 cm³/mol. The molecule has 1 N–H and O–H groups in total. The summed E-state index contributed by atoms with van der Waals surface area (Å²) in [6.45, 7) is 0.502. The Kier molecular flexibility index (Phi) is 5.11. The van der Waals surface area contributed by atoms with Gasteiger partial charge in [-0.3, -0.25) is 9.59 Å². The molecule has 0 bridgehead atoms. The number of carbonyl (C=O) groups is 1. The number of nitrogens with zero attached hydrogens (tertiary/aromatic N) is 2. The number of hydrogen-bond acceptors (Lipinski definition) is 4. The first-order chi connectivity index (χ1) is 14.2. The van der Waals surface area contributed by atoms with Gasteiger partial charge >= 0.3 is 12.1 Å². The largest absolute Gasteiger partial charge is 0.492 e. The third kappa shape index (κ3) is 3.70. The molecule has 1 atom stereocenters. The maximum Gasteiger partial charge on any atom is 0.471 e. The van der Waals surface area contributed by atoms with Gasteiger partial charge in [-0.15, -0.1) is 0 Å². The van der Waals surface area contributed by atoms with Crippen LogP contribution >= 0.6 is 0 Å². The molecule has 1 aliphatic carbocycles. The molecular weight excluding hydrogens is 406 g/mol. The number of alkyl halides is 3. The van der Waals surface area contributed by atoms with Gasteiger partial charge in [0.1, 0.15) is 5.69 Å². The van der Waals surface area contributed by atoms with E-state index >= 15 is 4.39 Å². The van der Waals surface area contributed by atoms with Crippen molar-refractivity contribution in [2.75, 3.05) is 31.6 Å². The van der Waals surface area contributed by atoms with E-state index in [1.807, 2.05) is 5.32 Å². The lowest BCUT2D eigenvalue weighted by Crippen LogP contribution is -2.39. The summed E-state index contributed by atoms with van der Waals surface area (Å²) < 4.78 is 59.4. The monoisotopic (exact) mass is 427 g/mol. The molecule has 4 rings (SSSR count). The van der Waals surface area contributed by atoms with Crippen LogP contribution in [-0.4, -0.2) is 43.4 Å². The summed E-state index contributed by atoms with van der Waals surface area (Å²) in [6, 6.07) is 4.38. The van der Waals surface area contributed by atoms with Crippen LogP contribution in [0.1, 0.15) is 25.3 Å².